The van der Waals surface area contributed by atoms with Gasteiger partial charge in [-0.2, -0.15) is 16.9 Å². The maximum absolute atomic E-state index is 6.01. The molecule has 0 saturated carbocycles. The predicted octanol–water partition coefficient (Wildman–Crippen LogP) is 7.99. The first kappa shape index (κ1) is 87.4. The van der Waals surface area contributed by atoms with Crippen molar-refractivity contribution in [2.75, 3.05) is 0 Å². The van der Waals surface area contributed by atoms with E-state index in [2.05, 4.69) is 97.1 Å². The summed E-state index contributed by atoms with van der Waals surface area (Å²) in [5, 5.41) is 7.64. The minimum Gasteiger partial charge on any atom is -0.330 e. The molecule has 358 valence electrons. The van der Waals surface area contributed by atoms with E-state index < -0.39 is 0 Å². The van der Waals surface area contributed by atoms with Crippen LogP contribution in [0.15, 0.2) is 54.6 Å². The van der Waals surface area contributed by atoms with Gasteiger partial charge in [-0.3, -0.25) is 99.6 Å². The van der Waals surface area contributed by atoms with Crippen molar-refractivity contribution in [1.82, 2.24) is 0 Å². The van der Waals surface area contributed by atoms with Crippen LogP contribution in [0, 0.1) is 97.1 Å². The van der Waals surface area contributed by atoms with Crippen LogP contribution in [-0.4, -0.2) is 54.9 Å². The monoisotopic (exact) mass is 1600 g/mol. The largest absolute Gasteiger partial charge is 0.330 e. The van der Waals surface area contributed by atoms with E-state index in [0.29, 0.717) is 38.2 Å². The Hall–Kier alpha value is 2.01. The minimum absolute atomic E-state index is 0. The second-order valence-electron chi connectivity index (χ2n) is 15.7. The van der Waals surface area contributed by atoms with Crippen LogP contribution in [0.4, 0.5) is 0 Å². The van der Waals surface area contributed by atoms with E-state index in [4.69, 9.17) is 54.9 Å². The van der Waals surface area contributed by atoms with Crippen LogP contribution in [-0.2, 0) is 262 Å². The summed E-state index contributed by atoms with van der Waals surface area (Å²) < 4.78 is 0. The van der Waals surface area contributed by atoms with E-state index in [0.717, 1.165) is 87.6 Å². The number of allylic oxidation sites excluding steroid dienone is 8. The Balaban J connectivity index is -0.000000459. The van der Waals surface area contributed by atoms with Crippen molar-refractivity contribution in [3.05, 3.63) is 196 Å². The molecule has 79 heavy (non-hydrogen) atoms. The zero-order chi connectivity index (χ0) is 51.6. The molecule has 22 radical (unpaired) electrons. The molecule has 0 aliphatic heterocycles. The molecule has 8 aromatic carbocycles. The molecule has 0 atom stereocenters. The topological polar surface area (TPSA) is 0 Å². The molecule has 0 spiro atoms. The molecule has 0 amide bonds. The third kappa shape index (κ3) is 26.7. The number of benzene rings is 8. The quantitative estimate of drug-likeness (QED) is 0.107. The molecule has 0 fully saturated rings. The molecule has 0 saturated heterocycles. The van der Waals surface area contributed by atoms with Crippen LogP contribution in [0.5, 0.6) is 0 Å². The molecular weight excluding hydrogens is 1560 g/mol. The van der Waals surface area contributed by atoms with Gasteiger partial charge in [0.2, 0.25) is 0 Å². The maximum Gasteiger partial charge on any atom is 0.0838 e. The van der Waals surface area contributed by atoms with Crippen molar-refractivity contribution >= 4 is 185 Å². The molecule has 0 unspecified atom stereocenters. The maximum atomic E-state index is 6.01. The summed E-state index contributed by atoms with van der Waals surface area (Å²) in [5.41, 5.74) is 11.4. The van der Waals surface area contributed by atoms with Crippen molar-refractivity contribution in [3.63, 3.8) is 0 Å². The Kier molecular flexibility index (Phi) is 51.1. The Morgan fingerprint density at radius 2 is 0.608 bits per heavy atom. The Labute approximate surface area is 685 Å². The van der Waals surface area contributed by atoms with Gasteiger partial charge in [-0.1, -0.05) is 0 Å². The summed E-state index contributed by atoms with van der Waals surface area (Å²) in [5.74, 6) is 0. The summed E-state index contributed by atoms with van der Waals surface area (Å²) >= 11 is 0. The van der Waals surface area contributed by atoms with Crippen LogP contribution in [0.2, 0.25) is 0 Å². The Morgan fingerprint density at radius 1 is 0.304 bits per heavy atom. The summed E-state index contributed by atoms with van der Waals surface area (Å²) in [6, 6.07) is 42.5. The molecule has 0 aromatic heterocycles. The average molecular weight is 1600 g/mol. The van der Waals surface area contributed by atoms with Crippen molar-refractivity contribution in [1.29, 1.82) is 0 Å². The van der Waals surface area contributed by atoms with Gasteiger partial charge in [-0.15, -0.1) is 60.8 Å². The van der Waals surface area contributed by atoms with Crippen molar-refractivity contribution in [3.8, 4) is 0 Å². The molecule has 8 aromatic rings. The van der Waals surface area contributed by atoms with Gasteiger partial charge in [-0.25, -0.2) is 85.9 Å². The first-order valence-corrected chi connectivity index (χ1v) is 22.3. The molecular formula is C64H41B7Y8-16. The van der Waals surface area contributed by atoms with E-state index in [9.17, 15) is 0 Å². The van der Waals surface area contributed by atoms with Gasteiger partial charge in [0.15, 0.2) is 0 Å². The number of rotatable bonds is 8. The zero-order valence-corrected chi connectivity index (χ0v) is 68.7. The van der Waals surface area contributed by atoms with Gasteiger partial charge in [-0.05, 0) is 0 Å². The van der Waals surface area contributed by atoms with Gasteiger partial charge in [0.1, 0.15) is 0 Å². The predicted molar refractivity (Wildman–Crippen MR) is 311 cm³/mol. The van der Waals surface area contributed by atoms with Crippen LogP contribution >= 0.6 is 0 Å². The van der Waals surface area contributed by atoms with Crippen molar-refractivity contribution in [2.24, 2.45) is 0 Å². The zero-order valence-electron chi connectivity index (χ0n) is 46.0. The molecule has 0 aliphatic rings. The third-order valence-electron chi connectivity index (χ3n) is 10.3. The molecule has 0 N–H and O–H groups in total. The first-order valence-electron chi connectivity index (χ1n) is 22.3. The van der Waals surface area contributed by atoms with E-state index in [-0.39, 0.29) is 262 Å². The van der Waals surface area contributed by atoms with Crippen LogP contribution in [0.1, 0.15) is 99.9 Å². The standard InChI is InChI=1S/3C16H10B2.C16H11B.8Y/c1-3-5-11-7-13(17)10-16-12(6-4-2)8-14(18)9-15(11)16;1-3-5-11-7-13-10-16(18)12(6-4-2)8-14(13)9-15(11)17;1-3-5-11-7-13-14(15(17)9-11)8-12(6-4-2)10-16(13)18;1-3-5-12-7-8-15-14(9-12)10-13(6-4-2)11-16(15)17;;;;;;;;/h2*5-6,9-10H,1-2H3;5-8H,1-2H3;5-6,8-10H,1-2H3;;;;;;;;/q4*-4;;;;;;;;. The van der Waals surface area contributed by atoms with Gasteiger partial charge < -0.3 is 118 Å². The summed E-state index contributed by atoms with van der Waals surface area (Å²) in [6.45, 7) is 14.7. The Bertz CT molecular complexity index is 3270. The number of hydrogen-bond donors (Lipinski definition) is 0. The summed E-state index contributed by atoms with van der Waals surface area (Å²) in [4.78, 5) is 0. The summed E-state index contributed by atoms with van der Waals surface area (Å²) in [6.07, 6.45) is 38.4. The van der Waals surface area contributed by atoms with Crippen LogP contribution in [0.25, 0.3) is 91.7 Å². The van der Waals surface area contributed by atoms with E-state index >= 15 is 0 Å². The fraction of sp³-hybridized carbons (Fsp3) is 0.125. The fourth-order valence-electron chi connectivity index (χ4n) is 7.41. The molecule has 0 bridgehead atoms. The van der Waals surface area contributed by atoms with Crippen molar-refractivity contribution in [2.45, 2.75) is 55.4 Å². The third-order valence-corrected chi connectivity index (χ3v) is 10.3. The smallest absolute Gasteiger partial charge is 0.0838 e. The van der Waals surface area contributed by atoms with E-state index in [1.165, 1.54) is 0 Å². The van der Waals surface area contributed by atoms with E-state index in [1.807, 2.05) is 146 Å². The second-order valence-corrected chi connectivity index (χ2v) is 15.7. The molecule has 8 rings (SSSR count). The molecule has 15 heteroatoms. The number of fused-ring (bicyclic) bond motifs is 4. The Morgan fingerprint density at radius 3 is 0.962 bits per heavy atom. The average Bonchev–Trinajstić information content (AvgIpc) is 3.32. The van der Waals surface area contributed by atoms with Gasteiger partial charge in [0.25, 0.3) is 0 Å². The SMILES string of the molecule is [B]c1[c-]c(C=[C-]C)c2cc([B])[c-]c(C=[C-]C)c2c1.[B]c1[c-]c(C=[C-]C)cc2c([B])[c-]c(C=[C-]C)cc12.[B]c1[c-]c(C=[C-]C)cc2cc(C=[C-]C)[c-]cc12.[B]c1cc2[c-]c(C=[C-]C)c([B])cc2[c-]c1C=[C-]C.[Y].[Y].[Y].[Y].[Y].[Y].[Y].[Y]. The van der Waals surface area contributed by atoms with Gasteiger partial charge in [0.05, 0.1) is 39.2 Å². The summed E-state index contributed by atoms with van der Waals surface area (Å²) in [7, 11) is 41.7. The van der Waals surface area contributed by atoms with Crippen LogP contribution < -0.4 is 38.2 Å². The number of hydrogen-bond acceptors (Lipinski definition) is 0. The second kappa shape index (κ2) is 46.2. The fourth-order valence-corrected chi connectivity index (χ4v) is 7.41. The van der Waals surface area contributed by atoms with Crippen molar-refractivity contribution < 1.29 is 262 Å². The van der Waals surface area contributed by atoms with Gasteiger partial charge in [0, 0.05) is 277 Å². The molecule has 0 heterocycles. The van der Waals surface area contributed by atoms with Gasteiger partial charge >= 0.3 is 0 Å². The normalized spacial score (nSPS) is 10.7. The molecule has 0 aliphatic carbocycles. The first-order chi connectivity index (χ1) is 34.2. The minimum atomic E-state index is 0. The van der Waals surface area contributed by atoms with E-state index in [1.54, 1.807) is 12.2 Å². The van der Waals surface area contributed by atoms with Crippen LogP contribution in [0.3, 0.4) is 0 Å². The molecule has 0 nitrogen and oxygen atoms in total.